The summed E-state index contributed by atoms with van der Waals surface area (Å²) in [6.45, 7) is 2.77. The molecule has 0 aliphatic carbocycles. The van der Waals surface area contributed by atoms with Crippen molar-refractivity contribution in [3.63, 3.8) is 0 Å². The van der Waals surface area contributed by atoms with Crippen molar-refractivity contribution in [2.75, 3.05) is 32.2 Å². The van der Waals surface area contributed by atoms with Crippen LogP contribution < -0.4 is 16.0 Å². The molecular formula is C32H37N3O6. The van der Waals surface area contributed by atoms with E-state index in [0.717, 1.165) is 23.1 Å². The smallest absolute Gasteiger partial charge is 0.407 e. The standard InChI is InChI=1S/C32H37N3O6/c1-22(36)40-20-26-21-41-27(19-33-26)18-17-23-11-9-10-16-28(23)34-31(37)30(35-32(38)39-2)29(24-12-5-3-6-13-24)25-14-7-4-8-15-25/h3-16,26-27,29-30,33H,17-21H2,1-2H3,(H,34,37)(H,35,38)/t26-,27-,30?/m1/s1. The van der Waals surface area contributed by atoms with Crippen LogP contribution in [0.1, 0.15) is 36.0 Å². The first-order valence-corrected chi connectivity index (χ1v) is 13.8. The number of hydrogen-bond donors (Lipinski definition) is 3. The number of carbonyl (C=O) groups is 3. The number of ether oxygens (including phenoxy) is 3. The second-order valence-corrected chi connectivity index (χ2v) is 9.96. The number of rotatable bonds is 11. The maximum Gasteiger partial charge on any atom is 0.407 e. The second-order valence-electron chi connectivity index (χ2n) is 9.96. The molecule has 0 saturated carbocycles. The Balaban J connectivity index is 1.49. The monoisotopic (exact) mass is 559 g/mol. The van der Waals surface area contributed by atoms with Crippen LogP contribution in [0.5, 0.6) is 0 Å². The molecule has 3 N–H and O–H groups in total. The lowest BCUT2D eigenvalue weighted by atomic mass is 9.84. The molecule has 0 radical (unpaired) electrons. The van der Waals surface area contributed by atoms with Crippen LogP contribution in [0.2, 0.25) is 0 Å². The zero-order chi connectivity index (χ0) is 29.0. The fourth-order valence-corrected chi connectivity index (χ4v) is 4.95. The maximum atomic E-state index is 13.9. The van der Waals surface area contributed by atoms with Crippen molar-refractivity contribution in [1.82, 2.24) is 10.6 Å². The van der Waals surface area contributed by atoms with Gasteiger partial charge in [-0.3, -0.25) is 9.59 Å². The molecule has 0 aromatic heterocycles. The Morgan fingerprint density at radius 2 is 1.59 bits per heavy atom. The second kappa shape index (κ2) is 15.0. The summed E-state index contributed by atoms with van der Waals surface area (Å²) in [5.74, 6) is -1.12. The van der Waals surface area contributed by atoms with Gasteiger partial charge in [0, 0.05) is 25.1 Å². The molecule has 1 heterocycles. The third-order valence-corrected chi connectivity index (χ3v) is 7.06. The largest absolute Gasteiger partial charge is 0.464 e. The molecule has 9 heteroatoms. The van der Waals surface area contributed by atoms with Crippen molar-refractivity contribution >= 4 is 23.7 Å². The number of carbonyl (C=O) groups excluding carboxylic acids is 3. The fourth-order valence-electron chi connectivity index (χ4n) is 4.95. The van der Waals surface area contributed by atoms with Crippen molar-refractivity contribution in [2.24, 2.45) is 0 Å². The Morgan fingerprint density at radius 3 is 2.17 bits per heavy atom. The van der Waals surface area contributed by atoms with Crippen LogP contribution in [-0.4, -0.2) is 63.0 Å². The summed E-state index contributed by atoms with van der Waals surface area (Å²) < 4.78 is 15.9. The molecular weight excluding hydrogens is 522 g/mol. The predicted octanol–water partition coefficient (Wildman–Crippen LogP) is 4.03. The quantitative estimate of drug-likeness (QED) is 0.304. The minimum absolute atomic E-state index is 0.0124. The zero-order valence-corrected chi connectivity index (χ0v) is 23.4. The summed E-state index contributed by atoms with van der Waals surface area (Å²) in [4.78, 5) is 37.4. The Labute approximate surface area is 240 Å². The highest BCUT2D eigenvalue weighted by molar-refractivity contribution is 5.98. The van der Waals surface area contributed by atoms with E-state index in [1.165, 1.54) is 14.0 Å². The van der Waals surface area contributed by atoms with Crippen molar-refractivity contribution in [2.45, 2.75) is 43.9 Å². The minimum Gasteiger partial charge on any atom is -0.464 e. The van der Waals surface area contributed by atoms with Gasteiger partial charge in [-0.05, 0) is 35.6 Å². The summed E-state index contributed by atoms with van der Waals surface area (Å²) >= 11 is 0. The summed E-state index contributed by atoms with van der Waals surface area (Å²) in [6.07, 6.45) is 0.708. The number of alkyl carbamates (subject to hydrolysis) is 1. The van der Waals surface area contributed by atoms with Gasteiger partial charge in [-0.25, -0.2) is 4.79 Å². The van der Waals surface area contributed by atoms with Crippen LogP contribution in [0.3, 0.4) is 0 Å². The van der Waals surface area contributed by atoms with E-state index < -0.39 is 18.1 Å². The first-order chi connectivity index (χ1) is 19.9. The van der Waals surface area contributed by atoms with Gasteiger partial charge in [-0.1, -0.05) is 78.9 Å². The Kier molecular flexibility index (Phi) is 10.9. The molecule has 3 atom stereocenters. The third kappa shape index (κ3) is 8.64. The van der Waals surface area contributed by atoms with Gasteiger partial charge < -0.3 is 30.2 Å². The molecule has 1 unspecified atom stereocenters. The number of methoxy groups -OCH3 is 1. The highest BCUT2D eigenvalue weighted by atomic mass is 16.5. The molecule has 9 nitrogen and oxygen atoms in total. The number of amides is 2. The Bertz CT molecular complexity index is 1240. The number of anilines is 1. The highest BCUT2D eigenvalue weighted by Crippen LogP contribution is 2.30. The Morgan fingerprint density at radius 1 is 0.951 bits per heavy atom. The van der Waals surface area contributed by atoms with Gasteiger partial charge in [-0.2, -0.15) is 0 Å². The van der Waals surface area contributed by atoms with E-state index in [0.29, 0.717) is 25.3 Å². The van der Waals surface area contributed by atoms with Gasteiger partial charge >= 0.3 is 12.1 Å². The zero-order valence-electron chi connectivity index (χ0n) is 23.4. The number of esters is 1. The van der Waals surface area contributed by atoms with Crippen molar-refractivity contribution in [1.29, 1.82) is 0 Å². The van der Waals surface area contributed by atoms with Gasteiger partial charge in [0.05, 0.1) is 25.9 Å². The number of para-hydroxylation sites is 1. The van der Waals surface area contributed by atoms with E-state index >= 15 is 0 Å². The topological polar surface area (TPSA) is 115 Å². The lowest BCUT2D eigenvalue weighted by Gasteiger charge is -2.30. The molecule has 3 aromatic carbocycles. The number of hydrogen-bond acceptors (Lipinski definition) is 7. The normalized spacial score (nSPS) is 17.3. The molecule has 216 valence electrons. The van der Waals surface area contributed by atoms with Crippen molar-refractivity contribution in [3.05, 3.63) is 102 Å². The number of benzene rings is 3. The highest BCUT2D eigenvalue weighted by Gasteiger charge is 2.33. The summed E-state index contributed by atoms with van der Waals surface area (Å²) in [6, 6.07) is 25.9. The molecule has 0 bridgehead atoms. The summed E-state index contributed by atoms with van der Waals surface area (Å²) in [7, 11) is 1.28. The molecule has 3 aromatic rings. The van der Waals surface area contributed by atoms with E-state index in [1.807, 2.05) is 84.9 Å². The van der Waals surface area contributed by atoms with Gasteiger partial charge in [0.1, 0.15) is 12.6 Å². The molecule has 1 aliphatic heterocycles. The van der Waals surface area contributed by atoms with Crippen LogP contribution in [-0.2, 0) is 30.2 Å². The molecule has 4 rings (SSSR count). The summed E-state index contributed by atoms with van der Waals surface area (Å²) in [5.41, 5.74) is 3.40. The lowest BCUT2D eigenvalue weighted by Crippen LogP contribution is -2.49. The molecule has 0 spiro atoms. The first kappa shape index (κ1) is 29.8. The van der Waals surface area contributed by atoms with Crippen LogP contribution >= 0.6 is 0 Å². The number of nitrogens with one attached hydrogen (secondary N) is 3. The average Bonchev–Trinajstić information content (AvgIpc) is 3.00. The van der Waals surface area contributed by atoms with E-state index in [4.69, 9.17) is 14.2 Å². The predicted molar refractivity (Wildman–Crippen MR) is 156 cm³/mol. The van der Waals surface area contributed by atoms with Crippen LogP contribution in [0, 0.1) is 0 Å². The van der Waals surface area contributed by atoms with Crippen LogP contribution in [0.4, 0.5) is 10.5 Å². The minimum atomic E-state index is -0.944. The van der Waals surface area contributed by atoms with Gasteiger partial charge in [0.2, 0.25) is 5.91 Å². The van der Waals surface area contributed by atoms with E-state index in [-0.39, 0.29) is 30.6 Å². The molecule has 1 fully saturated rings. The maximum absolute atomic E-state index is 13.9. The van der Waals surface area contributed by atoms with Crippen molar-refractivity contribution in [3.8, 4) is 0 Å². The SMILES string of the molecule is COC(=O)NC(C(=O)Nc1ccccc1CC[C@@H]1CN[C@H](COC(C)=O)CO1)C(c1ccccc1)c1ccccc1. The average molecular weight is 560 g/mol. The number of aryl methyl sites for hydroxylation is 1. The molecule has 1 aliphatic rings. The van der Waals surface area contributed by atoms with Crippen LogP contribution in [0.25, 0.3) is 0 Å². The molecule has 1 saturated heterocycles. The van der Waals surface area contributed by atoms with E-state index in [9.17, 15) is 14.4 Å². The first-order valence-electron chi connectivity index (χ1n) is 13.8. The van der Waals surface area contributed by atoms with Gasteiger partial charge in [0.15, 0.2) is 0 Å². The van der Waals surface area contributed by atoms with Gasteiger partial charge in [-0.15, -0.1) is 0 Å². The number of morpholine rings is 1. The lowest BCUT2D eigenvalue weighted by molar-refractivity contribution is -0.143. The Hall–Kier alpha value is -4.21. The van der Waals surface area contributed by atoms with Crippen LogP contribution in [0.15, 0.2) is 84.9 Å². The molecule has 41 heavy (non-hydrogen) atoms. The fraction of sp³-hybridized carbons (Fsp3) is 0.344. The third-order valence-electron chi connectivity index (χ3n) is 7.06. The van der Waals surface area contributed by atoms with Gasteiger partial charge in [0.25, 0.3) is 0 Å². The summed E-state index contributed by atoms with van der Waals surface area (Å²) in [5, 5.41) is 9.21. The van der Waals surface area contributed by atoms with E-state index in [2.05, 4.69) is 16.0 Å². The van der Waals surface area contributed by atoms with E-state index in [1.54, 1.807) is 0 Å². The molecule has 2 amide bonds. The van der Waals surface area contributed by atoms with Crippen molar-refractivity contribution < 1.29 is 28.6 Å².